The molecule has 0 heterocycles. The lowest BCUT2D eigenvalue weighted by molar-refractivity contribution is -0.150. The molecule has 6 nitrogen and oxygen atoms in total. The lowest BCUT2D eigenvalue weighted by atomic mass is 10.1. The van der Waals surface area contributed by atoms with Gasteiger partial charge in [0.1, 0.15) is 6.79 Å². The zero-order chi connectivity index (χ0) is 16.8. The third kappa shape index (κ3) is 13.3. The highest BCUT2D eigenvalue weighted by molar-refractivity contribution is 7.99. The number of carbonyl (C=O) groups excluding carboxylic acids is 1. The zero-order valence-corrected chi connectivity index (χ0v) is 15.0. The molecule has 22 heavy (non-hydrogen) atoms. The number of nitrogens with one attached hydrogen (secondary N) is 1. The van der Waals surface area contributed by atoms with E-state index in [4.69, 9.17) is 14.2 Å². The van der Waals surface area contributed by atoms with E-state index in [1.54, 1.807) is 11.8 Å². The Morgan fingerprint density at radius 3 is 2.55 bits per heavy atom. The van der Waals surface area contributed by atoms with Crippen LogP contribution in [0.15, 0.2) is 0 Å². The minimum absolute atomic E-state index is 0.00147. The fourth-order valence-corrected chi connectivity index (χ4v) is 2.38. The third-order valence-electron chi connectivity index (χ3n) is 3.00. The van der Waals surface area contributed by atoms with E-state index in [2.05, 4.69) is 5.32 Å². The Labute approximate surface area is 138 Å². The van der Waals surface area contributed by atoms with E-state index >= 15 is 0 Å². The summed E-state index contributed by atoms with van der Waals surface area (Å²) >= 11 is 1.73. The van der Waals surface area contributed by atoms with Crippen molar-refractivity contribution in [3.8, 4) is 0 Å². The molecule has 0 aromatic rings. The topological polar surface area (TPSA) is 77.0 Å². The number of rotatable bonds is 14. The van der Waals surface area contributed by atoms with Gasteiger partial charge >= 0.3 is 0 Å². The highest BCUT2D eigenvalue weighted by Crippen LogP contribution is 2.08. The second kappa shape index (κ2) is 14.3. The van der Waals surface area contributed by atoms with Gasteiger partial charge in [0, 0.05) is 30.4 Å². The van der Waals surface area contributed by atoms with Crippen molar-refractivity contribution in [2.75, 3.05) is 38.1 Å². The van der Waals surface area contributed by atoms with Crippen molar-refractivity contribution in [3.63, 3.8) is 0 Å². The van der Waals surface area contributed by atoms with Crippen molar-refractivity contribution in [1.82, 2.24) is 5.32 Å². The van der Waals surface area contributed by atoms with Crippen LogP contribution < -0.4 is 5.32 Å². The summed E-state index contributed by atoms with van der Waals surface area (Å²) in [6.07, 6.45) is 0.153. The molecule has 3 atom stereocenters. The summed E-state index contributed by atoms with van der Waals surface area (Å²) in [7, 11) is 0. The van der Waals surface area contributed by atoms with E-state index in [0.717, 1.165) is 17.9 Å². The van der Waals surface area contributed by atoms with Crippen LogP contribution in [0.3, 0.4) is 0 Å². The Balaban J connectivity index is 3.25. The monoisotopic (exact) mass is 337 g/mol. The smallest absolute Gasteiger partial charge is 0.217 e. The van der Waals surface area contributed by atoms with Gasteiger partial charge in [0.15, 0.2) is 6.29 Å². The summed E-state index contributed by atoms with van der Waals surface area (Å²) in [4.78, 5) is 10.8. The summed E-state index contributed by atoms with van der Waals surface area (Å²) < 4.78 is 15.8. The zero-order valence-electron chi connectivity index (χ0n) is 14.2. The van der Waals surface area contributed by atoms with Crippen molar-refractivity contribution < 1.29 is 24.1 Å². The van der Waals surface area contributed by atoms with Gasteiger partial charge in [0.2, 0.25) is 5.91 Å². The van der Waals surface area contributed by atoms with Crippen molar-refractivity contribution in [2.24, 2.45) is 5.92 Å². The van der Waals surface area contributed by atoms with Gasteiger partial charge < -0.3 is 24.6 Å². The van der Waals surface area contributed by atoms with Crippen LogP contribution in [0.25, 0.3) is 0 Å². The fourth-order valence-electron chi connectivity index (χ4n) is 1.54. The number of aliphatic hydroxyl groups is 1. The molecule has 0 aromatic heterocycles. The van der Waals surface area contributed by atoms with E-state index in [1.165, 1.54) is 6.92 Å². The first-order valence-corrected chi connectivity index (χ1v) is 8.92. The largest absolute Gasteiger partial charge is 0.368 e. The quantitative estimate of drug-likeness (QED) is 0.370. The Hall–Kier alpha value is -0.340. The van der Waals surface area contributed by atoms with Gasteiger partial charge in [-0.3, -0.25) is 4.79 Å². The Morgan fingerprint density at radius 1 is 1.23 bits per heavy atom. The van der Waals surface area contributed by atoms with E-state index < -0.39 is 6.29 Å². The summed E-state index contributed by atoms with van der Waals surface area (Å²) in [5.74, 6) is 1.85. The number of amides is 1. The van der Waals surface area contributed by atoms with Crippen LogP contribution in [0, 0.1) is 5.92 Å². The van der Waals surface area contributed by atoms with Gasteiger partial charge in [-0.05, 0) is 13.3 Å². The molecule has 0 spiro atoms. The molecule has 0 fully saturated rings. The standard InChI is InChI=1S/C15H31NO5S/c1-5-12(2)15(18)21-7-6-19-11-20-8-9-22-10-13(3)16-14(4)17/h12-13,15,18H,5-11H2,1-4H3,(H,16,17). The molecule has 2 N–H and O–H groups in total. The Morgan fingerprint density at radius 2 is 1.91 bits per heavy atom. The summed E-state index contributed by atoms with van der Waals surface area (Å²) in [6.45, 7) is 9.05. The summed E-state index contributed by atoms with van der Waals surface area (Å²) in [5, 5.41) is 12.4. The molecule has 0 saturated carbocycles. The molecule has 0 aliphatic carbocycles. The van der Waals surface area contributed by atoms with Crippen LogP contribution in [0.5, 0.6) is 0 Å². The van der Waals surface area contributed by atoms with E-state index in [9.17, 15) is 9.90 Å². The van der Waals surface area contributed by atoms with Crippen LogP contribution in [0.2, 0.25) is 0 Å². The molecular weight excluding hydrogens is 306 g/mol. The molecule has 1 amide bonds. The highest BCUT2D eigenvalue weighted by atomic mass is 32.2. The van der Waals surface area contributed by atoms with E-state index in [1.807, 2.05) is 20.8 Å². The lowest BCUT2D eigenvalue weighted by Gasteiger charge is -2.17. The molecule has 0 aliphatic heterocycles. The molecule has 0 aromatic carbocycles. The maximum Gasteiger partial charge on any atom is 0.217 e. The minimum Gasteiger partial charge on any atom is -0.368 e. The molecule has 3 unspecified atom stereocenters. The van der Waals surface area contributed by atoms with Crippen molar-refractivity contribution >= 4 is 17.7 Å². The first kappa shape index (κ1) is 21.7. The molecular formula is C15H31NO5S. The first-order valence-electron chi connectivity index (χ1n) is 7.77. The molecule has 0 bridgehead atoms. The van der Waals surface area contributed by atoms with Gasteiger partial charge in [-0.2, -0.15) is 11.8 Å². The molecule has 0 rings (SSSR count). The maximum absolute atomic E-state index is 10.8. The second-order valence-corrected chi connectivity index (χ2v) is 6.41. The lowest BCUT2D eigenvalue weighted by Crippen LogP contribution is -2.32. The first-order chi connectivity index (χ1) is 10.5. The van der Waals surface area contributed by atoms with E-state index in [-0.39, 0.29) is 24.7 Å². The van der Waals surface area contributed by atoms with Crippen LogP contribution in [0.1, 0.15) is 34.1 Å². The van der Waals surface area contributed by atoms with Crippen LogP contribution >= 0.6 is 11.8 Å². The average Bonchev–Trinajstić information content (AvgIpc) is 2.47. The van der Waals surface area contributed by atoms with Gasteiger partial charge in [0.25, 0.3) is 0 Å². The fraction of sp³-hybridized carbons (Fsp3) is 0.933. The number of aliphatic hydroxyl groups excluding tert-OH is 1. The number of carbonyl (C=O) groups is 1. The molecule has 0 aliphatic rings. The predicted molar refractivity (Wildman–Crippen MR) is 88.8 cm³/mol. The number of ether oxygens (including phenoxy) is 3. The third-order valence-corrected chi connectivity index (χ3v) is 4.19. The van der Waals surface area contributed by atoms with Crippen LogP contribution in [0.4, 0.5) is 0 Å². The number of hydrogen-bond acceptors (Lipinski definition) is 6. The minimum atomic E-state index is -0.725. The summed E-state index contributed by atoms with van der Waals surface area (Å²) in [6, 6.07) is 0.174. The molecule has 0 saturated heterocycles. The highest BCUT2D eigenvalue weighted by Gasteiger charge is 2.11. The predicted octanol–water partition coefficient (Wildman–Crippen LogP) is 1.62. The normalized spacial score (nSPS) is 15.3. The molecule has 7 heteroatoms. The number of hydrogen-bond donors (Lipinski definition) is 2. The van der Waals surface area contributed by atoms with E-state index in [0.29, 0.717) is 19.8 Å². The maximum atomic E-state index is 10.8. The van der Waals surface area contributed by atoms with Crippen LogP contribution in [-0.2, 0) is 19.0 Å². The molecule has 132 valence electrons. The van der Waals surface area contributed by atoms with Gasteiger partial charge in [-0.15, -0.1) is 0 Å². The Kier molecular flexibility index (Phi) is 14.0. The van der Waals surface area contributed by atoms with Gasteiger partial charge in [0.05, 0.1) is 19.8 Å². The number of thioether (sulfide) groups is 1. The van der Waals surface area contributed by atoms with Crippen molar-refractivity contribution in [3.05, 3.63) is 0 Å². The van der Waals surface area contributed by atoms with Crippen LogP contribution in [-0.4, -0.2) is 61.5 Å². The van der Waals surface area contributed by atoms with Gasteiger partial charge in [-0.25, -0.2) is 0 Å². The summed E-state index contributed by atoms with van der Waals surface area (Å²) in [5.41, 5.74) is 0. The van der Waals surface area contributed by atoms with Crippen molar-refractivity contribution in [1.29, 1.82) is 0 Å². The molecule has 0 radical (unpaired) electrons. The SMILES string of the molecule is CCC(C)C(O)OCCOCOCCSCC(C)NC(C)=O. The Bertz CT molecular complexity index is 281. The van der Waals surface area contributed by atoms with Gasteiger partial charge in [-0.1, -0.05) is 13.8 Å². The average molecular weight is 337 g/mol. The van der Waals surface area contributed by atoms with Crippen molar-refractivity contribution in [2.45, 2.75) is 46.4 Å². The second-order valence-electron chi connectivity index (χ2n) is 5.26.